The van der Waals surface area contributed by atoms with Gasteiger partial charge in [0.25, 0.3) is 5.91 Å². The molecule has 1 N–H and O–H groups in total. The van der Waals surface area contributed by atoms with Crippen LogP contribution < -0.4 is 4.72 Å². The van der Waals surface area contributed by atoms with Gasteiger partial charge in [0.05, 0.1) is 35.2 Å². The van der Waals surface area contributed by atoms with Crippen LogP contribution >= 0.6 is 0 Å². The average Bonchev–Trinajstić information content (AvgIpc) is 3.15. The van der Waals surface area contributed by atoms with E-state index in [2.05, 4.69) is 15.4 Å². The quantitative estimate of drug-likeness (QED) is 0.511. The molecule has 1 aromatic heterocycles. The molecule has 6 rings (SSSR count). The van der Waals surface area contributed by atoms with Gasteiger partial charge in [-0.1, -0.05) is 24.6 Å². The molecule has 37 heavy (non-hydrogen) atoms. The molecule has 192 valence electrons. The number of carbonyl (C=O) groups excluding carboxylic acids is 1. The first-order valence-corrected chi connectivity index (χ1v) is 14.6. The standard InChI is InChI=1S/C28H30N4O4S/c29-18-25-24-12-9-20(28(33)31-13-15-36-16-14-31)17-26(24)32(22-3-1-4-22)27(25)19-7-10-21(11-8-19)30-37(34,35)23-5-2-6-23/h7-12,17,22-23,30H,1-6,13-16H2. The number of anilines is 1. The molecule has 1 saturated heterocycles. The average molecular weight is 519 g/mol. The fourth-order valence-electron chi connectivity index (χ4n) is 5.44. The first-order chi connectivity index (χ1) is 18.0. The first kappa shape index (κ1) is 24.0. The summed E-state index contributed by atoms with van der Waals surface area (Å²) < 4.78 is 35.4. The molecule has 3 fully saturated rings. The lowest BCUT2D eigenvalue weighted by molar-refractivity contribution is 0.0303. The summed E-state index contributed by atoms with van der Waals surface area (Å²) in [7, 11) is -3.38. The lowest BCUT2D eigenvalue weighted by Crippen LogP contribution is -2.40. The molecule has 0 atom stereocenters. The number of fused-ring (bicyclic) bond motifs is 1. The highest BCUT2D eigenvalue weighted by molar-refractivity contribution is 7.93. The maximum Gasteiger partial charge on any atom is 0.254 e. The van der Waals surface area contributed by atoms with E-state index >= 15 is 0 Å². The van der Waals surface area contributed by atoms with Crippen molar-refractivity contribution in [1.82, 2.24) is 9.47 Å². The van der Waals surface area contributed by atoms with Crippen molar-refractivity contribution in [1.29, 1.82) is 5.26 Å². The van der Waals surface area contributed by atoms with Crippen LogP contribution in [0.5, 0.6) is 0 Å². The van der Waals surface area contributed by atoms with Gasteiger partial charge in [0, 0.05) is 35.8 Å². The van der Waals surface area contributed by atoms with Crippen LogP contribution in [0.4, 0.5) is 5.69 Å². The van der Waals surface area contributed by atoms with Crippen LogP contribution in [0.15, 0.2) is 42.5 Å². The second-order valence-corrected chi connectivity index (χ2v) is 12.2. The summed E-state index contributed by atoms with van der Waals surface area (Å²) in [5.41, 5.74) is 4.29. The second-order valence-electron chi connectivity index (χ2n) is 10.2. The van der Waals surface area contributed by atoms with Gasteiger partial charge in [-0.2, -0.15) is 5.26 Å². The molecule has 0 spiro atoms. The van der Waals surface area contributed by atoms with Crippen molar-refractivity contribution < 1.29 is 17.9 Å². The number of nitrogens with one attached hydrogen (secondary N) is 1. The van der Waals surface area contributed by atoms with Gasteiger partial charge in [-0.05, 0) is 61.9 Å². The Morgan fingerprint density at radius 3 is 2.30 bits per heavy atom. The SMILES string of the molecule is N#Cc1c(-c2ccc(NS(=O)(=O)C3CCC3)cc2)n(C2CCC2)c2cc(C(=O)N3CCOCC3)ccc12. The molecular weight excluding hydrogens is 488 g/mol. The Hall–Kier alpha value is -3.35. The third kappa shape index (κ3) is 4.28. The number of benzene rings is 2. The highest BCUT2D eigenvalue weighted by Gasteiger charge is 2.32. The fourth-order valence-corrected chi connectivity index (χ4v) is 7.02. The Balaban J connectivity index is 1.40. The fraction of sp³-hybridized carbons (Fsp3) is 0.429. The minimum absolute atomic E-state index is 0.0188. The van der Waals surface area contributed by atoms with E-state index in [9.17, 15) is 18.5 Å². The van der Waals surface area contributed by atoms with Gasteiger partial charge in [0.2, 0.25) is 10.0 Å². The van der Waals surface area contributed by atoms with Gasteiger partial charge in [-0.15, -0.1) is 0 Å². The van der Waals surface area contributed by atoms with Gasteiger partial charge >= 0.3 is 0 Å². The van der Waals surface area contributed by atoms with E-state index in [1.165, 1.54) is 0 Å². The Morgan fingerprint density at radius 2 is 1.70 bits per heavy atom. The van der Waals surface area contributed by atoms with Crippen LogP contribution in [0.2, 0.25) is 0 Å². The van der Waals surface area contributed by atoms with Crippen molar-refractivity contribution in [3.8, 4) is 17.3 Å². The highest BCUT2D eigenvalue weighted by atomic mass is 32.2. The van der Waals surface area contributed by atoms with E-state index < -0.39 is 10.0 Å². The molecule has 2 heterocycles. The van der Waals surface area contributed by atoms with E-state index in [1.54, 1.807) is 12.1 Å². The van der Waals surface area contributed by atoms with Gasteiger partial charge in [-0.25, -0.2) is 8.42 Å². The van der Waals surface area contributed by atoms with Crippen LogP contribution in [0.25, 0.3) is 22.2 Å². The van der Waals surface area contributed by atoms with Crippen molar-refractivity contribution in [2.75, 3.05) is 31.0 Å². The third-order valence-electron chi connectivity index (χ3n) is 8.01. The van der Waals surface area contributed by atoms with Gasteiger partial charge < -0.3 is 14.2 Å². The first-order valence-electron chi connectivity index (χ1n) is 13.0. The predicted octanol–water partition coefficient (Wildman–Crippen LogP) is 4.67. The number of carbonyl (C=O) groups is 1. The molecule has 1 amide bonds. The number of aromatic nitrogens is 1. The molecule has 0 bridgehead atoms. The number of morpholine rings is 1. The smallest absolute Gasteiger partial charge is 0.254 e. The summed E-state index contributed by atoms with van der Waals surface area (Å²) in [5, 5.41) is 10.7. The van der Waals surface area contributed by atoms with E-state index in [4.69, 9.17) is 4.74 Å². The van der Waals surface area contributed by atoms with E-state index in [0.717, 1.165) is 47.8 Å². The molecule has 8 nitrogen and oxygen atoms in total. The zero-order chi connectivity index (χ0) is 25.6. The number of rotatable bonds is 6. The number of amides is 1. The summed E-state index contributed by atoms with van der Waals surface area (Å²) in [6.07, 6.45) is 5.52. The summed E-state index contributed by atoms with van der Waals surface area (Å²) >= 11 is 0. The molecule has 3 aliphatic rings. The molecule has 0 unspecified atom stereocenters. The van der Waals surface area contributed by atoms with Gasteiger partial charge in [0.1, 0.15) is 6.07 Å². The topological polar surface area (TPSA) is 104 Å². The van der Waals surface area contributed by atoms with Crippen molar-refractivity contribution in [3.63, 3.8) is 0 Å². The maximum atomic E-state index is 13.2. The monoisotopic (exact) mass is 518 g/mol. The molecule has 9 heteroatoms. The number of nitrogens with zero attached hydrogens (tertiary/aromatic N) is 3. The Morgan fingerprint density at radius 1 is 1.00 bits per heavy atom. The highest BCUT2D eigenvalue weighted by Crippen LogP contribution is 2.43. The molecule has 0 radical (unpaired) electrons. The zero-order valence-corrected chi connectivity index (χ0v) is 21.5. The van der Waals surface area contributed by atoms with Crippen LogP contribution in [0.1, 0.15) is 60.5 Å². The van der Waals surface area contributed by atoms with Crippen molar-refractivity contribution in [3.05, 3.63) is 53.6 Å². The number of hydrogen-bond donors (Lipinski definition) is 1. The predicted molar refractivity (Wildman–Crippen MR) is 142 cm³/mol. The zero-order valence-electron chi connectivity index (χ0n) is 20.7. The maximum absolute atomic E-state index is 13.2. The van der Waals surface area contributed by atoms with Crippen LogP contribution in [0, 0.1) is 11.3 Å². The molecule has 2 aliphatic carbocycles. The summed E-state index contributed by atoms with van der Waals surface area (Å²) in [5.74, 6) is -0.0188. The Bertz CT molecular complexity index is 1490. The molecule has 2 aromatic carbocycles. The van der Waals surface area contributed by atoms with Gasteiger partial charge in [-0.3, -0.25) is 9.52 Å². The second kappa shape index (κ2) is 9.51. The third-order valence-corrected chi connectivity index (χ3v) is 9.88. The van der Waals surface area contributed by atoms with Crippen molar-refractivity contribution >= 4 is 32.5 Å². The summed E-state index contributed by atoms with van der Waals surface area (Å²) in [6, 6.07) is 15.6. The van der Waals surface area contributed by atoms with Crippen LogP contribution in [-0.4, -0.2) is 55.3 Å². The minimum Gasteiger partial charge on any atom is -0.378 e. The van der Waals surface area contributed by atoms with Gasteiger partial charge in [0.15, 0.2) is 0 Å². The number of nitriles is 1. The van der Waals surface area contributed by atoms with E-state index in [1.807, 2.05) is 35.2 Å². The normalized spacial score (nSPS) is 18.7. The lowest BCUT2D eigenvalue weighted by Gasteiger charge is -2.30. The summed E-state index contributed by atoms with van der Waals surface area (Å²) in [4.78, 5) is 15.0. The van der Waals surface area contributed by atoms with E-state index in [0.29, 0.717) is 56.0 Å². The Labute approximate surface area is 216 Å². The minimum atomic E-state index is -3.38. The largest absolute Gasteiger partial charge is 0.378 e. The number of sulfonamides is 1. The molecule has 3 aromatic rings. The van der Waals surface area contributed by atoms with Crippen molar-refractivity contribution in [2.24, 2.45) is 0 Å². The van der Waals surface area contributed by atoms with Crippen molar-refractivity contribution in [2.45, 2.75) is 49.8 Å². The molecule has 1 aliphatic heterocycles. The Kier molecular flexibility index (Phi) is 6.17. The lowest BCUT2D eigenvalue weighted by atomic mass is 9.92. The van der Waals surface area contributed by atoms with Crippen LogP contribution in [0.3, 0.4) is 0 Å². The van der Waals surface area contributed by atoms with E-state index in [-0.39, 0.29) is 17.2 Å². The number of hydrogen-bond acceptors (Lipinski definition) is 5. The molecule has 2 saturated carbocycles. The number of ether oxygens (including phenoxy) is 1. The van der Waals surface area contributed by atoms with Crippen LogP contribution in [-0.2, 0) is 14.8 Å². The molecular formula is C28H30N4O4S. The summed E-state index contributed by atoms with van der Waals surface area (Å²) in [6.45, 7) is 2.24.